The molecule has 0 spiro atoms. The third-order valence-corrected chi connectivity index (χ3v) is 3.58. The molecule has 0 aromatic heterocycles. The van der Waals surface area contributed by atoms with Crippen LogP contribution in [-0.4, -0.2) is 23.8 Å². The van der Waals surface area contributed by atoms with Crippen LogP contribution >= 0.6 is 0 Å². The maximum absolute atomic E-state index is 11.6. The van der Waals surface area contributed by atoms with Gasteiger partial charge in [-0.3, -0.25) is 4.90 Å². The van der Waals surface area contributed by atoms with Crippen molar-refractivity contribution in [3.63, 3.8) is 0 Å². The van der Waals surface area contributed by atoms with E-state index < -0.39 is 6.09 Å². The number of para-hydroxylation sites is 2. The van der Waals surface area contributed by atoms with Crippen LogP contribution in [0.4, 0.5) is 16.2 Å². The number of anilines is 2. The van der Waals surface area contributed by atoms with Gasteiger partial charge in [-0.15, -0.1) is 0 Å². The normalized spacial score (nSPS) is 17.2. The third-order valence-electron chi connectivity index (χ3n) is 3.58. The number of fused-ring (bicyclic) bond motifs is 1. The maximum atomic E-state index is 11.6. The van der Waals surface area contributed by atoms with Gasteiger partial charge in [0, 0.05) is 6.54 Å². The topological polar surface area (TPSA) is 52.6 Å². The highest BCUT2D eigenvalue weighted by molar-refractivity contribution is 5.93. The Hall–Kier alpha value is -2.49. The van der Waals surface area contributed by atoms with Crippen molar-refractivity contribution in [2.24, 2.45) is 0 Å². The standard InChI is InChI=1S/C16H16N2O2/c19-16(20)18-13(10-12-6-2-1-3-7-12)11-17-14-8-4-5-9-15(14)18/h1-9,13,17H,10-11H2,(H,19,20). The van der Waals surface area contributed by atoms with Crippen LogP contribution in [-0.2, 0) is 6.42 Å². The number of hydrogen-bond donors (Lipinski definition) is 2. The van der Waals surface area contributed by atoms with Crippen molar-refractivity contribution in [1.29, 1.82) is 0 Å². The lowest BCUT2D eigenvalue weighted by Gasteiger charge is -2.36. The Bertz CT molecular complexity index is 613. The smallest absolute Gasteiger partial charge is 0.412 e. The summed E-state index contributed by atoms with van der Waals surface area (Å²) in [5.74, 6) is 0. The van der Waals surface area contributed by atoms with Crippen LogP contribution in [0.3, 0.4) is 0 Å². The van der Waals surface area contributed by atoms with Crippen molar-refractivity contribution in [3.8, 4) is 0 Å². The van der Waals surface area contributed by atoms with E-state index >= 15 is 0 Å². The molecule has 3 rings (SSSR count). The Labute approximate surface area is 117 Å². The maximum Gasteiger partial charge on any atom is 0.412 e. The monoisotopic (exact) mass is 268 g/mol. The number of carbonyl (C=O) groups is 1. The second-order valence-electron chi connectivity index (χ2n) is 4.89. The van der Waals surface area contributed by atoms with E-state index in [0.717, 1.165) is 16.9 Å². The molecule has 2 aromatic rings. The molecule has 0 aliphatic carbocycles. The molecule has 4 heteroatoms. The molecule has 0 fully saturated rings. The highest BCUT2D eigenvalue weighted by Gasteiger charge is 2.30. The van der Waals surface area contributed by atoms with Crippen molar-refractivity contribution in [1.82, 2.24) is 0 Å². The van der Waals surface area contributed by atoms with Crippen molar-refractivity contribution in [2.75, 3.05) is 16.8 Å². The van der Waals surface area contributed by atoms with E-state index in [1.54, 1.807) is 0 Å². The minimum absolute atomic E-state index is 0.0928. The highest BCUT2D eigenvalue weighted by atomic mass is 16.4. The van der Waals surface area contributed by atoms with Gasteiger partial charge in [0.15, 0.2) is 0 Å². The van der Waals surface area contributed by atoms with Crippen LogP contribution in [0.25, 0.3) is 0 Å². The molecule has 1 atom stereocenters. The SMILES string of the molecule is O=C(O)N1c2ccccc2NCC1Cc1ccccc1. The van der Waals surface area contributed by atoms with Gasteiger partial charge in [-0.25, -0.2) is 4.79 Å². The van der Waals surface area contributed by atoms with Crippen LogP contribution < -0.4 is 10.2 Å². The summed E-state index contributed by atoms with van der Waals surface area (Å²) in [6.45, 7) is 0.623. The Balaban J connectivity index is 1.91. The van der Waals surface area contributed by atoms with Gasteiger partial charge in [0.2, 0.25) is 0 Å². The first-order valence-electron chi connectivity index (χ1n) is 6.64. The summed E-state index contributed by atoms with van der Waals surface area (Å²) in [7, 11) is 0. The molecule has 0 saturated heterocycles. The van der Waals surface area contributed by atoms with E-state index in [4.69, 9.17) is 0 Å². The van der Waals surface area contributed by atoms with E-state index in [-0.39, 0.29) is 6.04 Å². The molecule has 1 unspecified atom stereocenters. The zero-order valence-electron chi connectivity index (χ0n) is 11.0. The minimum atomic E-state index is -0.903. The van der Waals surface area contributed by atoms with Gasteiger partial charge in [0.05, 0.1) is 17.4 Å². The number of rotatable bonds is 2. The molecular formula is C16H16N2O2. The zero-order chi connectivity index (χ0) is 13.9. The molecule has 0 bridgehead atoms. The molecule has 2 aromatic carbocycles. The molecule has 1 amide bonds. The van der Waals surface area contributed by atoms with Crippen molar-refractivity contribution in [2.45, 2.75) is 12.5 Å². The van der Waals surface area contributed by atoms with Gasteiger partial charge in [0.1, 0.15) is 0 Å². The summed E-state index contributed by atoms with van der Waals surface area (Å²) < 4.78 is 0. The molecule has 1 aliphatic heterocycles. The molecule has 4 nitrogen and oxygen atoms in total. The Morgan fingerprint density at radius 1 is 1.15 bits per heavy atom. The number of benzene rings is 2. The van der Waals surface area contributed by atoms with E-state index in [1.165, 1.54) is 4.90 Å². The quantitative estimate of drug-likeness (QED) is 0.879. The van der Waals surface area contributed by atoms with Gasteiger partial charge >= 0.3 is 6.09 Å². The first-order chi connectivity index (χ1) is 9.75. The molecule has 2 N–H and O–H groups in total. The first kappa shape index (κ1) is 12.5. The van der Waals surface area contributed by atoms with E-state index in [1.807, 2.05) is 54.6 Å². The van der Waals surface area contributed by atoms with E-state index in [2.05, 4.69) is 5.32 Å². The summed E-state index contributed by atoms with van der Waals surface area (Å²) in [5.41, 5.74) is 2.75. The van der Waals surface area contributed by atoms with Gasteiger partial charge in [-0.05, 0) is 24.1 Å². The van der Waals surface area contributed by atoms with Crippen molar-refractivity contribution in [3.05, 3.63) is 60.2 Å². The zero-order valence-corrected chi connectivity index (χ0v) is 11.0. The molecule has 20 heavy (non-hydrogen) atoms. The average Bonchev–Trinajstić information content (AvgIpc) is 2.47. The number of hydrogen-bond acceptors (Lipinski definition) is 2. The Morgan fingerprint density at radius 3 is 2.60 bits per heavy atom. The van der Waals surface area contributed by atoms with Crippen LogP contribution in [0.5, 0.6) is 0 Å². The number of nitrogens with one attached hydrogen (secondary N) is 1. The second-order valence-corrected chi connectivity index (χ2v) is 4.89. The summed E-state index contributed by atoms with van der Waals surface area (Å²) in [6.07, 6.45) is -0.200. The predicted molar refractivity (Wildman–Crippen MR) is 79.4 cm³/mol. The fourth-order valence-electron chi connectivity index (χ4n) is 2.66. The van der Waals surface area contributed by atoms with Crippen molar-refractivity contribution >= 4 is 17.5 Å². The number of amides is 1. The van der Waals surface area contributed by atoms with Crippen molar-refractivity contribution < 1.29 is 9.90 Å². The molecule has 1 aliphatic rings. The third kappa shape index (κ3) is 2.32. The Morgan fingerprint density at radius 2 is 1.85 bits per heavy atom. The fourth-order valence-corrected chi connectivity index (χ4v) is 2.66. The second kappa shape index (κ2) is 5.25. The number of nitrogens with zero attached hydrogens (tertiary/aromatic N) is 1. The lowest BCUT2D eigenvalue weighted by Crippen LogP contribution is -2.48. The molecule has 1 heterocycles. The molecular weight excluding hydrogens is 252 g/mol. The predicted octanol–water partition coefficient (Wildman–Crippen LogP) is 3.21. The number of carboxylic acid groups (broad SMARTS) is 1. The van der Waals surface area contributed by atoms with Gasteiger partial charge in [-0.2, -0.15) is 0 Å². The summed E-state index contributed by atoms with van der Waals surface area (Å²) in [6, 6.07) is 17.4. The van der Waals surface area contributed by atoms with Gasteiger partial charge in [-0.1, -0.05) is 42.5 Å². The molecule has 102 valence electrons. The van der Waals surface area contributed by atoms with Crippen LogP contribution in [0, 0.1) is 0 Å². The van der Waals surface area contributed by atoms with E-state index in [9.17, 15) is 9.90 Å². The lowest BCUT2D eigenvalue weighted by molar-refractivity contribution is 0.199. The minimum Gasteiger partial charge on any atom is -0.465 e. The van der Waals surface area contributed by atoms with Crippen LogP contribution in [0.1, 0.15) is 5.56 Å². The largest absolute Gasteiger partial charge is 0.465 e. The summed E-state index contributed by atoms with van der Waals surface area (Å²) in [4.78, 5) is 13.1. The molecule has 0 radical (unpaired) electrons. The summed E-state index contributed by atoms with van der Waals surface area (Å²) >= 11 is 0. The first-order valence-corrected chi connectivity index (χ1v) is 6.64. The highest BCUT2D eigenvalue weighted by Crippen LogP contribution is 2.32. The van der Waals surface area contributed by atoms with Crippen LogP contribution in [0.15, 0.2) is 54.6 Å². The van der Waals surface area contributed by atoms with E-state index in [0.29, 0.717) is 13.0 Å². The van der Waals surface area contributed by atoms with Gasteiger partial charge in [0.25, 0.3) is 0 Å². The average molecular weight is 268 g/mol. The van der Waals surface area contributed by atoms with Gasteiger partial charge < -0.3 is 10.4 Å². The lowest BCUT2D eigenvalue weighted by atomic mass is 10.0. The summed E-state index contributed by atoms with van der Waals surface area (Å²) in [5, 5.41) is 12.8. The molecule has 0 saturated carbocycles. The fraction of sp³-hybridized carbons (Fsp3) is 0.188. The Kier molecular flexibility index (Phi) is 3.29. The van der Waals surface area contributed by atoms with Crippen LogP contribution in [0.2, 0.25) is 0 Å².